The van der Waals surface area contributed by atoms with Crippen molar-refractivity contribution < 1.29 is 135 Å². The summed E-state index contributed by atoms with van der Waals surface area (Å²) < 4.78 is 61.3. The van der Waals surface area contributed by atoms with Gasteiger partial charge in [0.05, 0.1) is 141 Å². The number of ether oxygens (including phenoxy) is 11. The number of alkyl carbamates (subject to hydrolysis) is 1. The number of nitrogens with two attached hydrogens (primary N) is 1. The molecule has 12 N–H and O–H groups in total. The number of urea groups is 1. The number of methoxy groups -OCH3 is 1. The van der Waals surface area contributed by atoms with E-state index in [-0.39, 0.29) is 138 Å². The quantitative estimate of drug-likeness (QED) is 0.0163. The third kappa shape index (κ3) is 23.3. The zero-order chi connectivity index (χ0) is 74.8. The van der Waals surface area contributed by atoms with Gasteiger partial charge in [-0.3, -0.25) is 38.4 Å². The van der Waals surface area contributed by atoms with Crippen molar-refractivity contribution in [1.29, 1.82) is 0 Å². The highest BCUT2D eigenvalue weighted by atomic mass is 16.7. The molecule has 0 saturated carbocycles. The average Bonchev–Trinajstić information content (AvgIpc) is 0.966. The van der Waals surface area contributed by atoms with Crippen molar-refractivity contribution in [2.24, 2.45) is 11.7 Å². The highest BCUT2D eigenvalue weighted by Gasteiger charge is 2.51. The fourth-order valence-corrected chi connectivity index (χ4v) is 11.5. The molecule has 2 fully saturated rings. The zero-order valence-electron chi connectivity index (χ0n) is 57.7. The molecule has 4 aliphatic rings. The number of fused-ring (bicyclic) bond motifs is 3. The van der Waals surface area contributed by atoms with Crippen molar-refractivity contribution in [3.05, 3.63) is 81.4 Å². The number of rotatable bonds is 43. The number of imide groups is 1. The lowest BCUT2D eigenvalue weighted by Gasteiger charge is -2.42. The Morgan fingerprint density at radius 1 is 0.728 bits per heavy atom. The maximum absolute atomic E-state index is 14.1. The molecule has 3 aromatic rings. The van der Waals surface area contributed by atoms with Crippen LogP contribution in [0.3, 0.4) is 0 Å². The molecule has 0 spiro atoms. The number of carbonyl (C=O) groups is 11. The number of phenols is 2. The molecule has 8 amide bonds. The zero-order valence-corrected chi connectivity index (χ0v) is 57.7. The first-order valence-electron chi connectivity index (χ1n) is 33.7. The monoisotopic (exact) mass is 1450 g/mol. The van der Waals surface area contributed by atoms with Crippen LogP contribution in [0.1, 0.15) is 127 Å². The van der Waals surface area contributed by atoms with E-state index in [2.05, 4.69) is 26.6 Å². The van der Waals surface area contributed by atoms with E-state index in [0.29, 0.717) is 56.9 Å². The summed E-state index contributed by atoms with van der Waals surface area (Å²) in [5.41, 5.74) is 1.47. The van der Waals surface area contributed by atoms with Gasteiger partial charge >= 0.3 is 18.1 Å². The Bertz CT molecular complexity index is 3450. The molecule has 35 heteroatoms. The van der Waals surface area contributed by atoms with Gasteiger partial charge in [-0.15, -0.1) is 5.06 Å². The Labute approximate surface area is 592 Å². The fourth-order valence-electron chi connectivity index (χ4n) is 11.5. The summed E-state index contributed by atoms with van der Waals surface area (Å²) in [4.78, 5) is 146. The molecule has 7 unspecified atom stereocenters. The van der Waals surface area contributed by atoms with E-state index in [1.54, 1.807) is 26.0 Å². The molecule has 2 saturated heterocycles. The number of carbonyl (C=O) groups excluding carboxylic acids is 11. The predicted octanol–water partition coefficient (Wildman–Crippen LogP) is 0.485. The number of aliphatic hydroxyl groups excluding tert-OH is 2. The molecule has 3 aromatic carbocycles. The Balaban J connectivity index is 0.784. The van der Waals surface area contributed by atoms with E-state index in [4.69, 9.17) is 62.7 Å². The van der Waals surface area contributed by atoms with Crippen LogP contribution in [0.15, 0.2) is 42.5 Å². The van der Waals surface area contributed by atoms with Gasteiger partial charge in [0, 0.05) is 67.4 Å². The number of hydrogen-bond donors (Lipinski definition) is 11. The number of amides is 8. The van der Waals surface area contributed by atoms with Crippen LogP contribution in [0, 0.1) is 5.92 Å². The molecule has 35 nitrogen and oxygen atoms in total. The Morgan fingerprint density at radius 2 is 1.30 bits per heavy atom. The maximum Gasteiger partial charge on any atom is 0.407 e. The average molecular weight is 1450 g/mol. The van der Waals surface area contributed by atoms with Gasteiger partial charge in [-0.1, -0.05) is 38.1 Å². The van der Waals surface area contributed by atoms with Crippen LogP contribution in [0.5, 0.6) is 17.2 Å². The summed E-state index contributed by atoms with van der Waals surface area (Å²) in [6.45, 7) is 7.09. The number of phenolic OH excluding ortho intramolecular Hbond substituents is 2. The lowest BCUT2D eigenvalue weighted by atomic mass is 9.72. The first-order valence-corrected chi connectivity index (χ1v) is 33.7. The summed E-state index contributed by atoms with van der Waals surface area (Å²) in [6.07, 6.45) is -7.93. The highest BCUT2D eigenvalue weighted by Crippen LogP contribution is 2.52. The second-order valence-electron chi connectivity index (χ2n) is 24.6. The van der Waals surface area contributed by atoms with Crippen LogP contribution in [0.2, 0.25) is 0 Å². The first-order chi connectivity index (χ1) is 49.3. The largest absolute Gasteiger partial charge is 0.507 e. The number of ketones is 3. The number of nitrogens with zero attached hydrogens (tertiary/aromatic N) is 1. The van der Waals surface area contributed by atoms with E-state index >= 15 is 0 Å². The summed E-state index contributed by atoms with van der Waals surface area (Å²) in [5, 5.41) is 70.1. The predicted molar refractivity (Wildman–Crippen MR) is 354 cm³/mol. The number of nitrogens with one attached hydrogen (secondary N) is 5. The standard InChI is InChI=1S/C68H91N7O28/c1-38(2)58(74-49(78)16-19-93-21-23-95-25-27-97-29-31-99-32-30-98-28-26-96-24-22-94-20-17-52(81)103-75-50(79)14-15-51(75)80)65(88)72-44(8-6-18-70-66(69)89)64(87)71-41-12-10-40(11-13-41)37-100-67(90)73-45-33-53(101-39(3)59(45)82)102-47-35-68(91,48(77)36-76)34-43-55(47)63(86)57-56(61(43)84)60(83)42-7-5-9-46(92-4)54(42)62(57)85/h5,7,9-13,38-39,44-45,47,53,58-59,76,82,84,86,91H,6,8,14-37H2,1-4H3,(H,71,87)(H,72,88)(H,73,90)(H,74,78)(H3,69,70,89)/t39?,44?,45?,47?,53?,58?,59?,68-/m0/s1. The molecule has 2 aliphatic heterocycles. The van der Waals surface area contributed by atoms with E-state index in [1.807, 2.05) is 0 Å². The number of aliphatic hydroxyl groups is 3. The molecule has 0 aromatic heterocycles. The van der Waals surface area contributed by atoms with E-state index in [0.717, 1.165) is 0 Å². The van der Waals surface area contributed by atoms with Crippen molar-refractivity contribution in [2.75, 3.05) is 118 Å². The van der Waals surface area contributed by atoms with Gasteiger partial charge in [0.1, 0.15) is 54.3 Å². The van der Waals surface area contributed by atoms with Crippen LogP contribution >= 0.6 is 0 Å². The number of hydroxylamine groups is 2. The Kier molecular flexibility index (Phi) is 31.8. The second-order valence-corrected chi connectivity index (χ2v) is 24.6. The summed E-state index contributed by atoms with van der Waals surface area (Å²) >= 11 is 0. The number of primary amides is 1. The number of anilines is 1. The van der Waals surface area contributed by atoms with Crippen LogP contribution in [0.4, 0.5) is 15.3 Å². The second kappa shape index (κ2) is 40.3. The first kappa shape index (κ1) is 81.4. The Hall–Kier alpha value is -8.85. The molecule has 8 atom stereocenters. The van der Waals surface area contributed by atoms with Gasteiger partial charge in [0.15, 0.2) is 17.9 Å². The SMILES string of the molecule is COc1cccc2c1C(=O)c1c(O)c3c(c(O)c1C2=O)C[C@@](O)(C(=O)CO)CC3OC1CC(NC(=O)OCc2ccc(NC(=O)C(CCCNC(N)=O)NC(=O)C(NC(=O)CCOCCOCCOCCOCCOCCOCCOCCC(=O)ON3C(=O)CCC3=O)C(C)C)cc2)C(O)C(C)O1. The highest BCUT2D eigenvalue weighted by molar-refractivity contribution is 6.31. The molecule has 2 heterocycles. The molecular weight excluding hydrogens is 1360 g/mol. The van der Waals surface area contributed by atoms with Crippen LogP contribution < -0.4 is 37.1 Å². The van der Waals surface area contributed by atoms with Crippen LogP contribution in [-0.4, -0.2) is 251 Å². The molecule has 2 aliphatic carbocycles. The Morgan fingerprint density at radius 3 is 1.86 bits per heavy atom. The van der Waals surface area contributed by atoms with Gasteiger partial charge in [-0.05, 0) is 49.4 Å². The van der Waals surface area contributed by atoms with Crippen molar-refractivity contribution in [1.82, 2.24) is 26.3 Å². The summed E-state index contributed by atoms with van der Waals surface area (Å²) in [6, 6.07) is 6.19. The molecular formula is C68H91N7O28. The summed E-state index contributed by atoms with van der Waals surface area (Å²) in [7, 11) is 1.28. The smallest absolute Gasteiger partial charge is 0.407 e. The van der Waals surface area contributed by atoms with Gasteiger partial charge in [-0.2, -0.15) is 0 Å². The maximum atomic E-state index is 14.1. The van der Waals surface area contributed by atoms with Crippen molar-refractivity contribution in [3.63, 3.8) is 0 Å². The summed E-state index contributed by atoms with van der Waals surface area (Å²) in [5.74, 6) is -8.44. The van der Waals surface area contributed by atoms with Crippen LogP contribution in [-0.2, 0) is 98.8 Å². The molecule has 0 bridgehead atoms. The third-order valence-electron chi connectivity index (χ3n) is 16.9. The van der Waals surface area contributed by atoms with E-state index in [1.165, 1.54) is 44.4 Å². The number of aromatic hydroxyl groups is 2. The third-order valence-corrected chi connectivity index (χ3v) is 16.9. The molecule has 566 valence electrons. The number of Topliss-reactive ketones (excluding diaryl/α,β-unsaturated/α-hetero) is 1. The minimum atomic E-state index is -2.43. The van der Waals surface area contributed by atoms with Gasteiger partial charge in [-0.25, -0.2) is 14.4 Å². The van der Waals surface area contributed by atoms with Crippen molar-refractivity contribution in [3.8, 4) is 17.2 Å². The van der Waals surface area contributed by atoms with Crippen molar-refractivity contribution >= 4 is 70.7 Å². The van der Waals surface area contributed by atoms with Gasteiger partial charge < -0.3 is 115 Å². The molecule has 7 rings (SSSR count). The lowest BCUT2D eigenvalue weighted by Crippen LogP contribution is -2.56. The normalized spacial score (nSPS) is 19.7. The van der Waals surface area contributed by atoms with Crippen molar-refractivity contribution in [2.45, 2.75) is 133 Å². The number of benzene rings is 3. The minimum Gasteiger partial charge on any atom is -0.507 e. The number of hydrogen-bond acceptors (Lipinski definition) is 28. The van der Waals surface area contributed by atoms with Gasteiger partial charge in [0.2, 0.25) is 23.5 Å². The van der Waals surface area contributed by atoms with Crippen LogP contribution in [0.25, 0.3) is 0 Å². The van der Waals surface area contributed by atoms with Gasteiger partial charge in [0.25, 0.3) is 11.8 Å². The lowest BCUT2D eigenvalue weighted by molar-refractivity contribution is -0.249. The molecule has 103 heavy (non-hydrogen) atoms. The topological polar surface area (TPSA) is 489 Å². The minimum absolute atomic E-state index is 0.0144. The van der Waals surface area contributed by atoms with E-state index < -0.39 is 161 Å². The fraction of sp³-hybridized carbons (Fsp3) is 0.574. The van der Waals surface area contributed by atoms with E-state index in [9.17, 15) is 78.3 Å². The molecule has 0 radical (unpaired) electrons.